The Labute approximate surface area is 115 Å². The van der Waals surface area contributed by atoms with Gasteiger partial charge in [-0.1, -0.05) is 18.0 Å². The molecule has 3 aliphatic carbocycles. The quantitative estimate of drug-likeness (QED) is 0.522. The SMILES string of the molecule is OC(CNC1CCCC1)CON=C(C1CC1)C1CC1. The summed E-state index contributed by atoms with van der Waals surface area (Å²) in [7, 11) is 0. The predicted octanol–water partition coefficient (Wildman–Crippen LogP) is 2.07. The maximum Gasteiger partial charge on any atom is 0.144 e. The lowest BCUT2D eigenvalue weighted by atomic mass is 10.2. The van der Waals surface area contributed by atoms with E-state index in [1.165, 1.54) is 57.1 Å². The van der Waals surface area contributed by atoms with Crippen molar-refractivity contribution in [3.8, 4) is 0 Å². The van der Waals surface area contributed by atoms with E-state index in [0.29, 0.717) is 31.0 Å². The van der Waals surface area contributed by atoms with Crippen LogP contribution in [0, 0.1) is 11.8 Å². The van der Waals surface area contributed by atoms with Crippen molar-refractivity contribution in [1.82, 2.24) is 5.32 Å². The van der Waals surface area contributed by atoms with Gasteiger partial charge in [-0.05, 0) is 38.5 Å². The molecule has 3 rings (SSSR count). The lowest BCUT2D eigenvalue weighted by Crippen LogP contribution is -2.35. The monoisotopic (exact) mass is 266 g/mol. The average molecular weight is 266 g/mol. The van der Waals surface area contributed by atoms with Crippen LogP contribution >= 0.6 is 0 Å². The molecule has 0 aromatic heterocycles. The number of rotatable bonds is 8. The average Bonchev–Trinajstić information content (AvgIpc) is 3.33. The zero-order chi connectivity index (χ0) is 13.1. The van der Waals surface area contributed by atoms with E-state index in [2.05, 4.69) is 10.5 Å². The van der Waals surface area contributed by atoms with Crippen LogP contribution in [0.15, 0.2) is 5.16 Å². The minimum Gasteiger partial charge on any atom is -0.393 e. The number of oxime groups is 1. The molecule has 3 aliphatic rings. The van der Waals surface area contributed by atoms with Gasteiger partial charge in [-0.2, -0.15) is 0 Å². The molecule has 3 fully saturated rings. The highest BCUT2D eigenvalue weighted by Crippen LogP contribution is 2.42. The van der Waals surface area contributed by atoms with Crippen molar-refractivity contribution in [3.05, 3.63) is 0 Å². The van der Waals surface area contributed by atoms with Gasteiger partial charge in [0.15, 0.2) is 0 Å². The van der Waals surface area contributed by atoms with Gasteiger partial charge < -0.3 is 15.3 Å². The van der Waals surface area contributed by atoms with Crippen molar-refractivity contribution < 1.29 is 9.94 Å². The van der Waals surface area contributed by atoms with Crippen molar-refractivity contribution in [3.63, 3.8) is 0 Å². The minimum absolute atomic E-state index is 0.322. The number of hydrogen-bond donors (Lipinski definition) is 2. The minimum atomic E-state index is -0.441. The van der Waals surface area contributed by atoms with Gasteiger partial charge >= 0.3 is 0 Å². The topological polar surface area (TPSA) is 53.8 Å². The highest BCUT2D eigenvalue weighted by Gasteiger charge is 2.38. The number of hydrogen-bond acceptors (Lipinski definition) is 4. The first-order valence-corrected chi connectivity index (χ1v) is 7.94. The molecule has 2 N–H and O–H groups in total. The standard InChI is InChI=1S/C15H26N2O2/c18-14(9-16-13-3-1-2-4-13)10-19-17-15(11-5-6-11)12-7-8-12/h11-14,16,18H,1-10H2. The van der Waals surface area contributed by atoms with E-state index in [1.807, 2.05) is 0 Å². The molecule has 3 saturated carbocycles. The molecule has 4 nitrogen and oxygen atoms in total. The molecule has 4 heteroatoms. The van der Waals surface area contributed by atoms with Crippen LogP contribution < -0.4 is 5.32 Å². The van der Waals surface area contributed by atoms with Gasteiger partial charge in [0, 0.05) is 24.4 Å². The molecule has 108 valence electrons. The van der Waals surface area contributed by atoms with Crippen LogP contribution in [-0.2, 0) is 4.84 Å². The molecule has 0 aromatic rings. The van der Waals surface area contributed by atoms with Gasteiger partial charge in [0.1, 0.15) is 12.7 Å². The van der Waals surface area contributed by atoms with E-state index >= 15 is 0 Å². The predicted molar refractivity (Wildman–Crippen MR) is 75.1 cm³/mol. The number of nitrogens with zero attached hydrogens (tertiary/aromatic N) is 1. The lowest BCUT2D eigenvalue weighted by Gasteiger charge is -2.15. The van der Waals surface area contributed by atoms with Crippen molar-refractivity contribution in [2.75, 3.05) is 13.2 Å². The smallest absolute Gasteiger partial charge is 0.144 e. The van der Waals surface area contributed by atoms with Crippen LogP contribution in [0.5, 0.6) is 0 Å². The van der Waals surface area contributed by atoms with Crippen molar-refractivity contribution in [2.24, 2.45) is 17.0 Å². The van der Waals surface area contributed by atoms with Crippen molar-refractivity contribution in [1.29, 1.82) is 0 Å². The zero-order valence-corrected chi connectivity index (χ0v) is 11.7. The second-order valence-electron chi connectivity index (χ2n) is 6.40. The molecule has 19 heavy (non-hydrogen) atoms. The Bertz CT molecular complexity index is 304. The molecule has 0 spiro atoms. The van der Waals surface area contributed by atoms with Crippen LogP contribution in [0.25, 0.3) is 0 Å². The maximum atomic E-state index is 9.87. The summed E-state index contributed by atoms with van der Waals surface area (Å²) in [6.45, 7) is 0.949. The molecule has 0 heterocycles. The summed E-state index contributed by atoms with van der Waals surface area (Å²) in [6, 6.07) is 0.603. The highest BCUT2D eigenvalue weighted by molar-refractivity contribution is 5.92. The Kier molecular flexibility index (Phi) is 4.38. The van der Waals surface area contributed by atoms with Crippen LogP contribution in [-0.4, -0.2) is 36.1 Å². The Balaban J connectivity index is 1.33. The van der Waals surface area contributed by atoms with Gasteiger partial charge in [-0.3, -0.25) is 0 Å². The highest BCUT2D eigenvalue weighted by atomic mass is 16.6. The van der Waals surface area contributed by atoms with E-state index in [4.69, 9.17) is 4.84 Å². The van der Waals surface area contributed by atoms with E-state index < -0.39 is 6.10 Å². The fourth-order valence-corrected chi connectivity index (χ4v) is 2.93. The van der Waals surface area contributed by atoms with Crippen LogP contribution in [0.3, 0.4) is 0 Å². The molecule has 1 unspecified atom stereocenters. The summed E-state index contributed by atoms with van der Waals surface area (Å²) in [6.07, 6.45) is 9.83. The van der Waals surface area contributed by atoms with E-state index in [0.717, 1.165) is 0 Å². The molecule has 0 aromatic carbocycles. The summed E-state index contributed by atoms with van der Waals surface area (Å²) in [4.78, 5) is 5.37. The third kappa shape index (κ3) is 4.18. The fraction of sp³-hybridized carbons (Fsp3) is 0.933. The van der Waals surface area contributed by atoms with E-state index in [9.17, 15) is 5.11 Å². The lowest BCUT2D eigenvalue weighted by molar-refractivity contribution is 0.0382. The fourth-order valence-electron chi connectivity index (χ4n) is 2.93. The van der Waals surface area contributed by atoms with Crippen LogP contribution in [0.1, 0.15) is 51.4 Å². The molecule has 0 bridgehead atoms. The summed E-state index contributed by atoms with van der Waals surface area (Å²) >= 11 is 0. The van der Waals surface area contributed by atoms with Crippen LogP contribution in [0.2, 0.25) is 0 Å². The Hall–Kier alpha value is -0.610. The number of nitrogens with one attached hydrogen (secondary N) is 1. The summed E-state index contributed by atoms with van der Waals surface area (Å²) in [5.74, 6) is 1.39. The first-order chi connectivity index (χ1) is 9.33. The molecule has 0 aliphatic heterocycles. The molecular formula is C15H26N2O2. The first kappa shape index (κ1) is 13.4. The Morgan fingerprint density at radius 1 is 1.11 bits per heavy atom. The third-order valence-electron chi connectivity index (χ3n) is 4.43. The Morgan fingerprint density at radius 3 is 2.32 bits per heavy atom. The normalized spacial score (nSPS) is 25.3. The Morgan fingerprint density at radius 2 is 1.74 bits per heavy atom. The molecular weight excluding hydrogens is 240 g/mol. The molecule has 1 atom stereocenters. The molecule has 0 amide bonds. The van der Waals surface area contributed by atoms with E-state index in [1.54, 1.807) is 0 Å². The van der Waals surface area contributed by atoms with Gasteiger partial charge in [0.2, 0.25) is 0 Å². The number of aliphatic hydroxyl groups excluding tert-OH is 1. The second kappa shape index (κ2) is 6.23. The van der Waals surface area contributed by atoms with Crippen molar-refractivity contribution >= 4 is 5.71 Å². The molecule has 0 saturated heterocycles. The van der Waals surface area contributed by atoms with Gasteiger partial charge in [0.05, 0.1) is 5.71 Å². The van der Waals surface area contributed by atoms with Gasteiger partial charge in [0.25, 0.3) is 0 Å². The summed E-state index contributed by atoms with van der Waals surface area (Å²) in [5.41, 5.74) is 1.27. The maximum absolute atomic E-state index is 9.87. The van der Waals surface area contributed by atoms with Crippen LogP contribution in [0.4, 0.5) is 0 Å². The van der Waals surface area contributed by atoms with E-state index in [-0.39, 0.29) is 0 Å². The number of aliphatic hydroxyl groups is 1. The zero-order valence-electron chi connectivity index (χ0n) is 11.7. The largest absolute Gasteiger partial charge is 0.393 e. The second-order valence-corrected chi connectivity index (χ2v) is 6.40. The van der Waals surface area contributed by atoms with Gasteiger partial charge in [-0.25, -0.2) is 0 Å². The van der Waals surface area contributed by atoms with Gasteiger partial charge in [-0.15, -0.1) is 0 Å². The summed E-state index contributed by atoms with van der Waals surface area (Å²) < 4.78 is 0. The first-order valence-electron chi connectivity index (χ1n) is 7.94. The molecule has 0 radical (unpaired) electrons. The van der Waals surface area contributed by atoms with Crippen molar-refractivity contribution in [2.45, 2.75) is 63.5 Å². The summed E-state index contributed by atoms with van der Waals surface area (Å²) in [5, 5.41) is 17.6. The third-order valence-corrected chi connectivity index (χ3v) is 4.43.